The van der Waals surface area contributed by atoms with E-state index < -0.39 is 0 Å². The van der Waals surface area contributed by atoms with Crippen LogP contribution >= 0.6 is 11.8 Å². The van der Waals surface area contributed by atoms with Crippen molar-refractivity contribution in [1.82, 2.24) is 24.6 Å². The Morgan fingerprint density at radius 2 is 1.88 bits per heavy atom. The van der Waals surface area contributed by atoms with Crippen LogP contribution in [-0.2, 0) is 17.9 Å². The number of piperazine rings is 1. The number of benzene rings is 2. The summed E-state index contributed by atoms with van der Waals surface area (Å²) in [7, 11) is 1.64. The molecule has 0 bridgehead atoms. The van der Waals surface area contributed by atoms with Crippen LogP contribution in [0.15, 0.2) is 66.3 Å². The van der Waals surface area contributed by atoms with Crippen LogP contribution in [0.5, 0.6) is 5.75 Å². The van der Waals surface area contributed by atoms with E-state index in [-0.39, 0.29) is 5.91 Å². The molecule has 8 heteroatoms. The molecule has 2 aromatic carbocycles. The molecule has 0 saturated carbocycles. The molecule has 4 rings (SSSR count). The lowest BCUT2D eigenvalue weighted by molar-refractivity contribution is -0.130. The van der Waals surface area contributed by atoms with Gasteiger partial charge in [0.25, 0.3) is 0 Å². The van der Waals surface area contributed by atoms with Crippen LogP contribution in [0.1, 0.15) is 11.1 Å². The summed E-state index contributed by atoms with van der Waals surface area (Å²) in [6, 6.07) is 16.3. The number of allylic oxidation sites excluding steroid dienone is 1. The van der Waals surface area contributed by atoms with Crippen molar-refractivity contribution >= 4 is 17.7 Å². The molecule has 1 aliphatic heterocycles. The topological polar surface area (TPSA) is 63.5 Å². The molecule has 0 N–H and O–H groups in total. The maximum atomic E-state index is 12.9. The first kappa shape index (κ1) is 24.0. The molecule has 178 valence electrons. The fourth-order valence-electron chi connectivity index (χ4n) is 4.08. The maximum absolute atomic E-state index is 12.9. The molecule has 1 amide bonds. The standard InChI is InChI=1S/C26H31N5O2S/c1-4-12-31-25(22-8-10-23(33-3)11-9-22)27-28-26(31)34-19-24(32)30-15-13-29(14-16-30)18-21-7-5-6-20(2)17-21/h4-11,17H,1,12-16,18-19H2,2-3H3. The lowest BCUT2D eigenvalue weighted by Gasteiger charge is -2.34. The molecule has 0 spiro atoms. The number of rotatable bonds is 9. The Bertz CT molecular complexity index is 1120. The highest BCUT2D eigenvalue weighted by molar-refractivity contribution is 7.99. The molecule has 0 atom stereocenters. The molecular weight excluding hydrogens is 446 g/mol. The van der Waals surface area contributed by atoms with Gasteiger partial charge in [0.05, 0.1) is 12.9 Å². The molecule has 1 aromatic heterocycles. The fourth-order valence-corrected chi connectivity index (χ4v) is 4.94. The van der Waals surface area contributed by atoms with Crippen molar-refractivity contribution in [3.05, 3.63) is 72.3 Å². The Morgan fingerprint density at radius 1 is 1.12 bits per heavy atom. The number of nitrogens with zero attached hydrogens (tertiary/aromatic N) is 5. The molecule has 7 nitrogen and oxygen atoms in total. The molecule has 1 fully saturated rings. The second-order valence-electron chi connectivity index (χ2n) is 8.37. The molecule has 0 unspecified atom stereocenters. The minimum atomic E-state index is 0.138. The number of aromatic nitrogens is 3. The number of thioether (sulfide) groups is 1. The highest BCUT2D eigenvalue weighted by Gasteiger charge is 2.22. The highest BCUT2D eigenvalue weighted by atomic mass is 32.2. The van der Waals surface area contributed by atoms with Crippen LogP contribution < -0.4 is 4.74 Å². The average molecular weight is 478 g/mol. The predicted octanol–water partition coefficient (Wildman–Crippen LogP) is 3.88. The first-order chi connectivity index (χ1) is 16.6. The monoisotopic (exact) mass is 477 g/mol. The van der Waals surface area contributed by atoms with Crippen LogP contribution in [0, 0.1) is 6.92 Å². The first-order valence-electron chi connectivity index (χ1n) is 11.4. The third-order valence-corrected chi connectivity index (χ3v) is 6.87. The SMILES string of the molecule is C=CCn1c(SCC(=O)N2CCN(Cc3cccc(C)c3)CC2)nnc1-c1ccc(OC)cc1. The van der Waals surface area contributed by atoms with Crippen molar-refractivity contribution in [3.8, 4) is 17.1 Å². The zero-order valence-electron chi connectivity index (χ0n) is 19.8. The van der Waals surface area contributed by atoms with Gasteiger partial charge < -0.3 is 9.64 Å². The summed E-state index contributed by atoms with van der Waals surface area (Å²) < 4.78 is 7.24. The van der Waals surface area contributed by atoms with Gasteiger partial charge in [0.2, 0.25) is 5.91 Å². The molecule has 3 aromatic rings. The Hall–Kier alpha value is -3.10. The third kappa shape index (κ3) is 5.87. The summed E-state index contributed by atoms with van der Waals surface area (Å²) in [5.74, 6) is 2.02. The average Bonchev–Trinajstić information content (AvgIpc) is 3.26. The second kappa shape index (κ2) is 11.4. The van der Waals surface area contributed by atoms with Crippen molar-refractivity contribution in [2.45, 2.75) is 25.2 Å². The number of amides is 1. The number of aryl methyl sites for hydroxylation is 1. The predicted molar refractivity (Wildman–Crippen MR) is 136 cm³/mol. The Morgan fingerprint density at radius 3 is 2.56 bits per heavy atom. The Kier molecular flexibility index (Phi) is 8.03. The highest BCUT2D eigenvalue weighted by Crippen LogP contribution is 2.26. The van der Waals surface area contributed by atoms with E-state index in [0.717, 1.165) is 55.0 Å². The van der Waals surface area contributed by atoms with Crippen molar-refractivity contribution in [1.29, 1.82) is 0 Å². The van der Waals surface area contributed by atoms with Gasteiger partial charge in [-0.25, -0.2) is 0 Å². The van der Waals surface area contributed by atoms with E-state index >= 15 is 0 Å². The van der Waals surface area contributed by atoms with Gasteiger partial charge in [-0.05, 0) is 36.8 Å². The van der Waals surface area contributed by atoms with Crippen molar-refractivity contribution in [2.75, 3.05) is 39.0 Å². The van der Waals surface area contributed by atoms with Gasteiger partial charge in [-0.1, -0.05) is 47.7 Å². The molecule has 0 radical (unpaired) electrons. The molecular formula is C26H31N5O2S. The lowest BCUT2D eigenvalue weighted by Crippen LogP contribution is -2.48. The summed E-state index contributed by atoms with van der Waals surface area (Å²) in [5, 5.41) is 9.45. The number of carbonyl (C=O) groups is 1. The van der Waals surface area contributed by atoms with Crippen LogP contribution in [-0.4, -0.2) is 69.5 Å². The van der Waals surface area contributed by atoms with Gasteiger partial charge in [0, 0.05) is 44.8 Å². The molecule has 1 aliphatic rings. The van der Waals surface area contributed by atoms with Gasteiger partial charge in [-0.15, -0.1) is 16.8 Å². The number of methoxy groups -OCH3 is 1. The largest absolute Gasteiger partial charge is 0.497 e. The van der Waals surface area contributed by atoms with Crippen LogP contribution in [0.3, 0.4) is 0 Å². The number of carbonyl (C=O) groups excluding carboxylic acids is 1. The van der Waals surface area contributed by atoms with E-state index in [9.17, 15) is 4.79 Å². The van der Waals surface area contributed by atoms with E-state index in [1.54, 1.807) is 7.11 Å². The molecule has 1 saturated heterocycles. The van der Waals surface area contributed by atoms with Gasteiger partial charge in [0.15, 0.2) is 11.0 Å². The first-order valence-corrected chi connectivity index (χ1v) is 12.4. The van der Waals surface area contributed by atoms with E-state index in [2.05, 4.69) is 52.9 Å². The van der Waals surface area contributed by atoms with Crippen LogP contribution in [0.25, 0.3) is 11.4 Å². The number of hydrogen-bond acceptors (Lipinski definition) is 6. The van der Waals surface area contributed by atoms with Gasteiger partial charge in [-0.2, -0.15) is 0 Å². The normalized spacial score (nSPS) is 14.2. The minimum absolute atomic E-state index is 0.138. The van der Waals surface area contributed by atoms with Crippen molar-refractivity contribution in [2.24, 2.45) is 0 Å². The fraction of sp³-hybridized carbons (Fsp3) is 0.346. The van der Waals surface area contributed by atoms with Crippen molar-refractivity contribution < 1.29 is 9.53 Å². The summed E-state index contributed by atoms with van der Waals surface area (Å²) in [6.45, 7) is 10.8. The second-order valence-corrected chi connectivity index (χ2v) is 9.31. The maximum Gasteiger partial charge on any atom is 0.233 e. The van der Waals surface area contributed by atoms with E-state index in [1.165, 1.54) is 22.9 Å². The van der Waals surface area contributed by atoms with E-state index in [4.69, 9.17) is 4.74 Å². The van der Waals surface area contributed by atoms with Crippen molar-refractivity contribution in [3.63, 3.8) is 0 Å². The van der Waals surface area contributed by atoms with Crippen LogP contribution in [0.2, 0.25) is 0 Å². The smallest absolute Gasteiger partial charge is 0.233 e. The third-order valence-electron chi connectivity index (χ3n) is 5.92. The van der Waals surface area contributed by atoms with Gasteiger partial charge in [-0.3, -0.25) is 14.3 Å². The summed E-state index contributed by atoms with van der Waals surface area (Å²) in [5.41, 5.74) is 3.55. The zero-order chi connectivity index (χ0) is 23.9. The minimum Gasteiger partial charge on any atom is -0.497 e. The van der Waals surface area contributed by atoms with E-state index in [1.807, 2.05) is 39.8 Å². The number of hydrogen-bond donors (Lipinski definition) is 0. The molecule has 2 heterocycles. The quantitative estimate of drug-likeness (QED) is 0.344. The zero-order valence-corrected chi connectivity index (χ0v) is 20.6. The van der Waals surface area contributed by atoms with Gasteiger partial charge in [0.1, 0.15) is 5.75 Å². The van der Waals surface area contributed by atoms with Crippen LogP contribution in [0.4, 0.5) is 0 Å². The Balaban J connectivity index is 1.33. The Labute approximate surface area is 205 Å². The molecule has 0 aliphatic carbocycles. The summed E-state index contributed by atoms with van der Waals surface area (Å²) >= 11 is 1.43. The van der Waals surface area contributed by atoms with E-state index in [0.29, 0.717) is 12.3 Å². The number of ether oxygens (including phenoxy) is 1. The lowest BCUT2D eigenvalue weighted by atomic mass is 10.1. The summed E-state index contributed by atoms with van der Waals surface area (Å²) in [6.07, 6.45) is 1.82. The summed E-state index contributed by atoms with van der Waals surface area (Å²) in [4.78, 5) is 17.3. The van der Waals surface area contributed by atoms with Gasteiger partial charge >= 0.3 is 0 Å². The molecule has 34 heavy (non-hydrogen) atoms.